The van der Waals surface area contributed by atoms with Crippen LogP contribution in [0.15, 0.2) is 52.8 Å². The third kappa shape index (κ3) is 4.46. The lowest BCUT2D eigenvalue weighted by Gasteiger charge is -2.16. The summed E-state index contributed by atoms with van der Waals surface area (Å²) in [6.45, 7) is 4.68. The van der Waals surface area contributed by atoms with Crippen molar-refractivity contribution in [3.8, 4) is 0 Å². The van der Waals surface area contributed by atoms with Crippen molar-refractivity contribution in [2.24, 2.45) is 0 Å². The van der Waals surface area contributed by atoms with E-state index in [9.17, 15) is 18.3 Å². The summed E-state index contributed by atoms with van der Waals surface area (Å²) in [7, 11) is -3.65. The summed E-state index contributed by atoms with van der Waals surface area (Å²) in [5.41, 5.74) is 1.53. The average Bonchev–Trinajstić information content (AvgIpc) is 3.34. The van der Waals surface area contributed by atoms with Gasteiger partial charge in [0.05, 0.1) is 5.03 Å². The summed E-state index contributed by atoms with van der Waals surface area (Å²) in [6, 6.07) is 7.07. The largest absolute Gasteiger partial charge is 0.480 e. The van der Waals surface area contributed by atoms with Gasteiger partial charge in [-0.25, -0.2) is 18.4 Å². The topological polar surface area (TPSA) is 105 Å². The van der Waals surface area contributed by atoms with Gasteiger partial charge in [0.1, 0.15) is 17.1 Å². The van der Waals surface area contributed by atoms with Gasteiger partial charge in [0.15, 0.2) is 0 Å². The highest BCUT2D eigenvalue weighted by atomic mass is 32.2. The smallest absolute Gasteiger partial charge is 0.323 e. The fourth-order valence-electron chi connectivity index (χ4n) is 3.92. The first kappa shape index (κ1) is 21.8. The van der Waals surface area contributed by atoms with Gasteiger partial charge in [-0.15, -0.1) is 11.8 Å². The molecule has 0 spiro atoms. The van der Waals surface area contributed by atoms with Gasteiger partial charge in [-0.3, -0.25) is 4.79 Å². The Hall–Kier alpha value is -2.43. The molecule has 31 heavy (non-hydrogen) atoms. The van der Waals surface area contributed by atoms with Crippen LogP contribution in [0.25, 0.3) is 11.0 Å². The maximum Gasteiger partial charge on any atom is 0.323 e. The lowest BCUT2D eigenvalue weighted by Crippen LogP contribution is -2.28. The SMILES string of the molecule is CC(C)Sc1ccc(S(=O)(=O)N2CCC(c3cn(CC(=O)O)c4ncccc34)C2)cn1. The molecular weight excluding hydrogens is 436 g/mol. The Morgan fingerprint density at radius 3 is 2.77 bits per heavy atom. The van der Waals surface area contributed by atoms with Crippen LogP contribution in [0.1, 0.15) is 31.7 Å². The van der Waals surface area contributed by atoms with E-state index in [1.165, 1.54) is 10.5 Å². The number of pyridine rings is 2. The zero-order chi connectivity index (χ0) is 22.2. The van der Waals surface area contributed by atoms with E-state index in [1.807, 2.05) is 12.1 Å². The molecule has 1 atom stereocenters. The van der Waals surface area contributed by atoms with Crippen LogP contribution in [0.5, 0.6) is 0 Å². The van der Waals surface area contributed by atoms with Crippen LogP contribution in [-0.4, -0.2) is 56.7 Å². The second-order valence-electron chi connectivity index (χ2n) is 7.83. The first-order chi connectivity index (χ1) is 14.8. The van der Waals surface area contributed by atoms with E-state index < -0.39 is 16.0 Å². The third-order valence-corrected chi connectivity index (χ3v) is 8.07. The molecule has 1 fully saturated rings. The molecule has 4 heterocycles. The Kier molecular flexibility index (Phi) is 6.05. The molecule has 1 unspecified atom stereocenters. The first-order valence-electron chi connectivity index (χ1n) is 10.0. The van der Waals surface area contributed by atoms with Crippen LogP contribution < -0.4 is 0 Å². The predicted octanol–water partition coefficient (Wildman–Crippen LogP) is 3.19. The maximum atomic E-state index is 13.1. The van der Waals surface area contributed by atoms with Crippen LogP contribution in [0.3, 0.4) is 0 Å². The van der Waals surface area contributed by atoms with Crippen LogP contribution >= 0.6 is 11.8 Å². The molecule has 3 aromatic heterocycles. The number of thioether (sulfide) groups is 1. The van der Waals surface area contributed by atoms with Gasteiger partial charge in [-0.05, 0) is 36.2 Å². The molecular formula is C21H24N4O4S2. The Balaban J connectivity index is 1.57. The molecule has 10 heteroatoms. The van der Waals surface area contributed by atoms with E-state index in [4.69, 9.17) is 0 Å². The van der Waals surface area contributed by atoms with Crippen molar-refractivity contribution < 1.29 is 18.3 Å². The molecule has 1 N–H and O–H groups in total. The highest BCUT2D eigenvalue weighted by molar-refractivity contribution is 7.99. The molecule has 0 aliphatic carbocycles. The number of hydrogen-bond acceptors (Lipinski definition) is 6. The Bertz CT molecular complexity index is 1210. The monoisotopic (exact) mass is 460 g/mol. The molecule has 0 saturated carbocycles. The fourth-order valence-corrected chi connectivity index (χ4v) is 6.11. The molecule has 0 bridgehead atoms. The van der Waals surface area contributed by atoms with Gasteiger partial charge in [-0.2, -0.15) is 4.31 Å². The summed E-state index contributed by atoms with van der Waals surface area (Å²) in [5, 5.41) is 11.2. The number of aromatic nitrogens is 3. The number of carboxylic acid groups (broad SMARTS) is 1. The van der Waals surface area contributed by atoms with Crippen molar-refractivity contribution in [3.63, 3.8) is 0 Å². The van der Waals surface area contributed by atoms with Crippen LogP contribution in [0.4, 0.5) is 0 Å². The number of rotatable bonds is 7. The molecule has 1 saturated heterocycles. The second-order valence-corrected chi connectivity index (χ2v) is 11.4. The summed E-state index contributed by atoms with van der Waals surface area (Å²) in [5.74, 6) is -0.975. The lowest BCUT2D eigenvalue weighted by molar-refractivity contribution is -0.137. The van der Waals surface area contributed by atoms with Crippen molar-refractivity contribution >= 4 is 38.8 Å². The summed E-state index contributed by atoms with van der Waals surface area (Å²) >= 11 is 1.59. The lowest BCUT2D eigenvalue weighted by atomic mass is 9.99. The average molecular weight is 461 g/mol. The molecule has 8 nitrogen and oxygen atoms in total. The van der Waals surface area contributed by atoms with Crippen molar-refractivity contribution in [2.75, 3.05) is 13.1 Å². The number of nitrogens with zero attached hydrogens (tertiary/aromatic N) is 4. The molecule has 0 amide bonds. The predicted molar refractivity (Wildman–Crippen MR) is 119 cm³/mol. The minimum absolute atomic E-state index is 0.0275. The van der Waals surface area contributed by atoms with Gasteiger partial charge in [0.25, 0.3) is 0 Å². The van der Waals surface area contributed by atoms with Gasteiger partial charge in [0, 0.05) is 48.2 Å². The van der Waals surface area contributed by atoms with E-state index in [0.717, 1.165) is 16.0 Å². The minimum atomic E-state index is -3.65. The quantitative estimate of drug-likeness (QED) is 0.540. The first-order valence-corrected chi connectivity index (χ1v) is 12.4. The normalized spacial score (nSPS) is 17.6. The van der Waals surface area contributed by atoms with Crippen molar-refractivity contribution in [1.29, 1.82) is 0 Å². The Morgan fingerprint density at radius 2 is 2.10 bits per heavy atom. The van der Waals surface area contributed by atoms with E-state index >= 15 is 0 Å². The van der Waals surface area contributed by atoms with Gasteiger partial charge in [-0.1, -0.05) is 13.8 Å². The standard InChI is InChI=1S/C21H24N4O4S2/c1-14(2)30-19-6-5-16(10-23-19)31(28,29)25-9-7-15(11-25)18-12-24(13-20(26)27)21-17(18)4-3-8-22-21/h3-6,8,10,12,14-15H,7,9,11,13H2,1-2H3,(H,26,27). The third-order valence-electron chi connectivity index (χ3n) is 5.26. The van der Waals surface area contributed by atoms with Crippen LogP contribution in [0, 0.1) is 0 Å². The number of carbonyl (C=O) groups is 1. The fraction of sp³-hybridized carbons (Fsp3) is 0.381. The number of aliphatic carboxylic acids is 1. The van der Waals surface area contributed by atoms with E-state index in [-0.39, 0.29) is 17.4 Å². The van der Waals surface area contributed by atoms with Gasteiger partial charge >= 0.3 is 5.97 Å². The molecule has 3 aromatic rings. The zero-order valence-corrected chi connectivity index (χ0v) is 18.9. The van der Waals surface area contributed by atoms with Gasteiger partial charge < -0.3 is 9.67 Å². The highest BCUT2D eigenvalue weighted by Crippen LogP contribution is 2.35. The second kappa shape index (κ2) is 8.60. The van der Waals surface area contributed by atoms with Crippen LogP contribution in [0.2, 0.25) is 0 Å². The van der Waals surface area contributed by atoms with Crippen molar-refractivity contribution in [2.45, 2.75) is 47.9 Å². The Morgan fingerprint density at radius 1 is 1.29 bits per heavy atom. The van der Waals surface area contributed by atoms with Gasteiger partial charge in [0.2, 0.25) is 10.0 Å². The minimum Gasteiger partial charge on any atom is -0.480 e. The summed E-state index contributed by atoms with van der Waals surface area (Å²) in [4.78, 5) is 20.0. The molecule has 0 aromatic carbocycles. The number of hydrogen-bond donors (Lipinski definition) is 1. The number of sulfonamides is 1. The highest BCUT2D eigenvalue weighted by Gasteiger charge is 2.35. The summed E-state index contributed by atoms with van der Waals surface area (Å²) in [6.07, 6.45) is 5.52. The molecule has 0 radical (unpaired) electrons. The van der Waals surface area contributed by atoms with Crippen LogP contribution in [-0.2, 0) is 21.4 Å². The number of carboxylic acids is 1. The van der Waals surface area contributed by atoms with Crippen molar-refractivity contribution in [1.82, 2.24) is 18.8 Å². The summed E-state index contributed by atoms with van der Waals surface area (Å²) < 4.78 is 29.4. The van der Waals surface area contributed by atoms with E-state index in [2.05, 4.69) is 23.8 Å². The van der Waals surface area contributed by atoms with E-state index in [0.29, 0.717) is 30.4 Å². The van der Waals surface area contributed by atoms with Crippen molar-refractivity contribution in [3.05, 3.63) is 48.4 Å². The zero-order valence-electron chi connectivity index (χ0n) is 17.3. The molecule has 1 aliphatic rings. The molecule has 4 rings (SSSR count). The molecule has 164 valence electrons. The molecule has 1 aliphatic heterocycles. The number of fused-ring (bicyclic) bond motifs is 1. The van der Waals surface area contributed by atoms with E-state index in [1.54, 1.807) is 40.9 Å². The maximum absolute atomic E-state index is 13.1. The Labute approximate surface area is 185 Å².